The molecule has 1 aromatic heterocycles. The van der Waals surface area contributed by atoms with E-state index in [-0.39, 0.29) is 17.0 Å². The van der Waals surface area contributed by atoms with Crippen molar-refractivity contribution in [1.29, 1.82) is 0 Å². The molecule has 0 atom stereocenters. The summed E-state index contributed by atoms with van der Waals surface area (Å²) in [4.78, 5) is 19.9. The van der Waals surface area contributed by atoms with Crippen LogP contribution in [-0.2, 0) is 30.5 Å². The summed E-state index contributed by atoms with van der Waals surface area (Å²) in [7, 11) is -7.56. The van der Waals surface area contributed by atoms with Crippen molar-refractivity contribution in [2.24, 2.45) is 0 Å². The third kappa shape index (κ3) is 6.45. The third-order valence-electron chi connectivity index (χ3n) is 8.38. The molecule has 1 amide bonds. The molecule has 7 nitrogen and oxygen atoms in total. The largest absolute Gasteiger partial charge is 0.304 e. The van der Waals surface area contributed by atoms with E-state index in [9.17, 15) is 22.0 Å². The number of aromatic nitrogens is 1. The lowest BCUT2D eigenvalue weighted by Gasteiger charge is -2.49. The minimum absolute atomic E-state index is 0.0991. The third-order valence-corrected chi connectivity index (χ3v) is 12.7. The van der Waals surface area contributed by atoms with Crippen molar-refractivity contribution in [3.05, 3.63) is 126 Å². The molecule has 45 heavy (non-hydrogen) atoms. The first-order chi connectivity index (χ1) is 20.9. The van der Waals surface area contributed by atoms with Gasteiger partial charge in [-0.3, -0.25) is 9.78 Å². The molecule has 0 radical (unpaired) electrons. The van der Waals surface area contributed by atoms with E-state index in [0.29, 0.717) is 33.5 Å². The molecule has 0 aliphatic rings. The lowest BCUT2D eigenvalue weighted by atomic mass is 9.92. The molecule has 0 aliphatic heterocycles. The molecule has 0 saturated heterocycles. The molecule has 10 heteroatoms. The van der Waals surface area contributed by atoms with Crippen LogP contribution in [0.15, 0.2) is 108 Å². The SMILES string of the molecule is CC(C)(c1cc(-c2ccc(F)c(CN(C(=O)c3ccccc3)c3ccc(S(C)(=O)=O)cc3)c2)c2ncccc2c1)S(C)(C)(=O)O. The van der Waals surface area contributed by atoms with Gasteiger partial charge in [0.25, 0.3) is 5.91 Å². The Morgan fingerprint density at radius 3 is 2.22 bits per heavy atom. The molecule has 0 aliphatic carbocycles. The number of hydrogen-bond acceptors (Lipinski definition) is 5. The maximum Gasteiger partial charge on any atom is 0.258 e. The van der Waals surface area contributed by atoms with Gasteiger partial charge in [-0.05, 0) is 91.7 Å². The molecular formula is C35H35FN2O5S2. The standard InChI is InChI=1S/C35H35FN2O5S2/c1-35(2,45(4,5,42)43)28-21-26-12-9-19-37-33(26)31(22-28)25-13-18-32(36)27(20-25)23-38(34(39)24-10-7-6-8-11-24)29-14-16-30(17-15-29)44(3,40)41/h6-22H,23H2,1-5H3,(H,42,43). The fourth-order valence-corrected chi connectivity index (χ4v) is 6.44. The van der Waals surface area contributed by atoms with Crippen molar-refractivity contribution in [3.8, 4) is 11.1 Å². The first kappa shape index (κ1) is 32.2. The van der Waals surface area contributed by atoms with Crippen LogP contribution in [0.1, 0.15) is 35.3 Å². The first-order valence-corrected chi connectivity index (χ1v) is 18.8. The van der Waals surface area contributed by atoms with E-state index in [0.717, 1.165) is 11.6 Å². The van der Waals surface area contributed by atoms with Crippen LogP contribution in [-0.4, -0.2) is 46.8 Å². The predicted molar refractivity (Wildman–Crippen MR) is 179 cm³/mol. The summed E-state index contributed by atoms with van der Waals surface area (Å²) < 4.78 is 63.0. The van der Waals surface area contributed by atoms with Gasteiger partial charge in [0.15, 0.2) is 9.84 Å². The number of anilines is 1. The van der Waals surface area contributed by atoms with E-state index in [2.05, 4.69) is 4.98 Å². The van der Waals surface area contributed by atoms with E-state index in [1.807, 2.05) is 18.2 Å². The van der Waals surface area contributed by atoms with E-state index < -0.39 is 35.7 Å². The summed E-state index contributed by atoms with van der Waals surface area (Å²) in [6.07, 6.45) is 5.45. The van der Waals surface area contributed by atoms with Crippen molar-refractivity contribution in [2.75, 3.05) is 23.7 Å². The van der Waals surface area contributed by atoms with Crippen LogP contribution in [0.3, 0.4) is 0 Å². The monoisotopic (exact) mass is 646 g/mol. The maximum atomic E-state index is 15.5. The molecule has 0 fully saturated rings. The van der Waals surface area contributed by atoms with Crippen molar-refractivity contribution in [1.82, 2.24) is 4.98 Å². The summed E-state index contributed by atoms with van der Waals surface area (Å²) >= 11 is 0. The molecule has 0 unspecified atom stereocenters. The Hall–Kier alpha value is -4.25. The van der Waals surface area contributed by atoms with Crippen molar-refractivity contribution in [3.63, 3.8) is 0 Å². The number of sulfone groups is 1. The van der Waals surface area contributed by atoms with Crippen LogP contribution in [0, 0.1) is 5.82 Å². The van der Waals surface area contributed by atoms with Crippen LogP contribution >= 0.6 is 0 Å². The van der Waals surface area contributed by atoms with E-state index >= 15 is 4.39 Å². The Morgan fingerprint density at radius 2 is 1.60 bits per heavy atom. The van der Waals surface area contributed by atoms with Crippen LogP contribution in [0.2, 0.25) is 0 Å². The van der Waals surface area contributed by atoms with Gasteiger partial charge in [0.05, 0.1) is 21.7 Å². The van der Waals surface area contributed by atoms with Crippen LogP contribution in [0.25, 0.3) is 22.0 Å². The second kappa shape index (κ2) is 11.3. The normalized spacial score (nSPS) is 13.3. The summed E-state index contributed by atoms with van der Waals surface area (Å²) in [6, 6.07) is 26.4. The van der Waals surface area contributed by atoms with Crippen molar-refractivity contribution >= 4 is 41.7 Å². The van der Waals surface area contributed by atoms with E-state index in [4.69, 9.17) is 0 Å². The highest BCUT2D eigenvalue weighted by Gasteiger charge is 2.38. The minimum atomic E-state index is -4.09. The van der Waals surface area contributed by atoms with Gasteiger partial charge in [-0.2, -0.15) is 9.35 Å². The smallest absolute Gasteiger partial charge is 0.258 e. The van der Waals surface area contributed by atoms with Gasteiger partial charge >= 0.3 is 0 Å². The fourth-order valence-electron chi connectivity index (χ4n) is 5.02. The molecule has 5 aromatic rings. The van der Waals surface area contributed by atoms with Crippen molar-refractivity contribution in [2.45, 2.75) is 30.0 Å². The van der Waals surface area contributed by atoms with Gasteiger partial charge in [0.1, 0.15) is 5.82 Å². The molecule has 234 valence electrons. The van der Waals surface area contributed by atoms with Gasteiger partial charge < -0.3 is 9.45 Å². The van der Waals surface area contributed by atoms with E-state index in [1.165, 1.54) is 47.7 Å². The lowest BCUT2D eigenvalue weighted by Crippen LogP contribution is -2.47. The second-order valence-electron chi connectivity index (χ2n) is 12.2. The lowest BCUT2D eigenvalue weighted by molar-refractivity contribution is 0.0985. The molecule has 4 aromatic carbocycles. The quantitative estimate of drug-likeness (QED) is 0.193. The zero-order valence-electron chi connectivity index (χ0n) is 25.7. The zero-order valence-corrected chi connectivity index (χ0v) is 27.3. The number of rotatable bonds is 8. The molecule has 0 bridgehead atoms. The van der Waals surface area contributed by atoms with Crippen LogP contribution in [0.5, 0.6) is 0 Å². The second-order valence-corrected chi connectivity index (χ2v) is 18.8. The highest BCUT2D eigenvalue weighted by atomic mass is 32.3. The zero-order chi connectivity index (χ0) is 32.8. The minimum Gasteiger partial charge on any atom is -0.304 e. The molecule has 0 saturated carbocycles. The average molecular weight is 647 g/mol. The Bertz CT molecular complexity index is 2100. The molecule has 1 N–H and O–H groups in total. The van der Waals surface area contributed by atoms with Gasteiger partial charge in [-0.15, -0.1) is 0 Å². The summed E-state index contributed by atoms with van der Waals surface area (Å²) in [5.41, 5.74) is 3.51. The molecule has 0 spiro atoms. The van der Waals surface area contributed by atoms with Gasteiger partial charge in [0, 0.05) is 52.7 Å². The van der Waals surface area contributed by atoms with Gasteiger partial charge in [-0.1, -0.05) is 30.3 Å². The number of carbonyl (C=O) groups excluding carboxylic acids is 1. The first-order valence-electron chi connectivity index (χ1n) is 14.1. The van der Waals surface area contributed by atoms with Crippen molar-refractivity contribution < 1.29 is 26.4 Å². The number of pyridine rings is 1. The number of benzene rings is 4. The Balaban J connectivity index is 1.65. The number of halogens is 1. The number of amides is 1. The summed E-state index contributed by atoms with van der Waals surface area (Å²) in [5.74, 6) is -0.926. The Labute approximate surface area is 262 Å². The highest BCUT2D eigenvalue weighted by molar-refractivity contribution is 8.14. The Kier molecular flexibility index (Phi) is 8.06. The number of nitrogens with zero attached hydrogens (tertiary/aromatic N) is 2. The van der Waals surface area contributed by atoms with Crippen LogP contribution in [0.4, 0.5) is 10.1 Å². The summed E-state index contributed by atoms with van der Waals surface area (Å²) in [6.45, 7) is 3.29. The fraction of sp³-hybridized carbons (Fsp3) is 0.200. The van der Waals surface area contributed by atoms with Gasteiger partial charge in [0.2, 0.25) is 0 Å². The predicted octanol–water partition coefficient (Wildman–Crippen LogP) is 7.08. The Morgan fingerprint density at radius 1 is 0.933 bits per heavy atom. The van der Waals surface area contributed by atoms with Gasteiger partial charge in [-0.25, -0.2) is 17.0 Å². The topological polar surface area (TPSA) is 105 Å². The molecular weight excluding hydrogens is 612 g/mol. The highest BCUT2D eigenvalue weighted by Crippen LogP contribution is 2.43. The number of hydrogen-bond donors (Lipinski definition) is 1. The molecule has 1 heterocycles. The van der Waals surface area contributed by atoms with Crippen LogP contribution < -0.4 is 4.90 Å². The number of fused-ring (bicyclic) bond motifs is 1. The molecule has 5 rings (SSSR count). The summed E-state index contributed by atoms with van der Waals surface area (Å²) in [5, 5.41) is 0.757. The maximum absolute atomic E-state index is 15.5. The average Bonchev–Trinajstić information content (AvgIpc) is 2.99. The van der Waals surface area contributed by atoms with E-state index in [1.54, 1.807) is 68.6 Å². The number of carbonyl (C=O) groups is 1.